The van der Waals surface area contributed by atoms with Crippen LogP contribution in [0.4, 0.5) is 10.5 Å². The summed E-state index contributed by atoms with van der Waals surface area (Å²) >= 11 is 0. The molecule has 1 atom stereocenters. The number of rotatable bonds is 8. The highest BCUT2D eigenvalue weighted by Crippen LogP contribution is 2.15. The average molecular weight is 294 g/mol. The summed E-state index contributed by atoms with van der Waals surface area (Å²) in [7, 11) is 0. The number of carboxylic acids is 1. The van der Waals surface area contributed by atoms with Gasteiger partial charge in [-0.15, -0.1) is 0 Å². The van der Waals surface area contributed by atoms with Gasteiger partial charge in [0.2, 0.25) is 0 Å². The molecule has 2 amide bonds. The van der Waals surface area contributed by atoms with Crippen LogP contribution in [-0.2, 0) is 4.79 Å². The largest absolute Gasteiger partial charge is 0.494 e. The van der Waals surface area contributed by atoms with Crippen LogP contribution in [0.5, 0.6) is 5.75 Å². The van der Waals surface area contributed by atoms with Crippen LogP contribution in [0.1, 0.15) is 26.7 Å². The van der Waals surface area contributed by atoms with Crippen molar-refractivity contribution in [2.75, 3.05) is 18.5 Å². The molecule has 0 saturated carbocycles. The molecule has 0 aliphatic heterocycles. The maximum atomic E-state index is 11.6. The lowest BCUT2D eigenvalue weighted by Crippen LogP contribution is -2.29. The van der Waals surface area contributed by atoms with Crippen molar-refractivity contribution in [1.82, 2.24) is 5.32 Å². The van der Waals surface area contributed by atoms with Crippen LogP contribution in [0.2, 0.25) is 0 Å². The van der Waals surface area contributed by atoms with Crippen molar-refractivity contribution >= 4 is 17.7 Å². The van der Waals surface area contributed by atoms with E-state index in [1.54, 1.807) is 31.2 Å². The van der Waals surface area contributed by atoms with Crippen molar-refractivity contribution in [2.24, 2.45) is 5.92 Å². The Morgan fingerprint density at radius 1 is 1.29 bits per heavy atom. The number of carboxylic acid groups (broad SMARTS) is 1. The van der Waals surface area contributed by atoms with Crippen LogP contribution in [0.15, 0.2) is 24.3 Å². The molecule has 0 spiro atoms. The first-order valence-electron chi connectivity index (χ1n) is 7.03. The molecular weight excluding hydrogens is 272 g/mol. The van der Waals surface area contributed by atoms with Gasteiger partial charge < -0.3 is 20.5 Å². The highest BCUT2D eigenvalue weighted by atomic mass is 16.5. The SMILES string of the molecule is CCOc1ccc(NC(=O)NCCCC(C)C(=O)O)cc1. The summed E-state index contributed by atoms with van der Waals surface area (Å²) in [5.41, 5.74) is 0.676. The van der Waals surface area contributed by atoms with Crippen molar-refractivity contribution in [2.45, 2.75) is 26.7 Å². The second kappa shape index (κ2) is 8.84. The highest BCUT2D eigenvalue weighted by Gasteiger charge is 2.10. The number of carbonyl (C=O) groups is 2. The first-order chi connectivity index (χ1) is 10.0. The molecule has 0 saturated heterocycles. The van der Waals surface area contributed by atoms with E-state index < -0.39 is 5.97 Å². The van der Waals surface area contributed by atoms with E-state index >= 15 is 0 Å². The molecule has 116 valence electrons. The molecule has 0 aliphatic carbocycles. The Hall–Kier alpha value is -2.24. The smallest absolute Gasteiger partial charge is 0.319 e. The molecule has 1 aromatic rings. The summed E-state index contributed by atoms with van der Waals surface area (Å²) < 4.78 is 5.31. The molecule has 1 rings (SSSR count). The van der Waals surface area contributed by atoms with Gasteiger partial charge in [0.25, 0.3) is 0 Å². The van der Waals surface area contributed by atoms with Gasteiger partial charge in [-0.3, -0.25) is 4.79 Å². The summed E-state index contributed by atoms with van der Waals surface area (Å²) in [6.45, 7) is 4.61. The van der Waals surface area contributed by atoms with Crippen LogP contribution in [0.3, 0.4) is 0 Å². The summed E-state index contributed by atoms with van der Waals surface area (Å²) in [6.07, 6.45) is 1.17. The zero-order valence-corrected chi connectivity index (χ0v) is 12.4. The van der Waals surface area contributed by atoms with Crippen LogP contribution < -0.4 is 15.4 Å². The zero-order chi connectivity index (χ0) is 15.7. The van der Waals surface area contributed by atoms with E-state index in [1.807, 2.05) is 6.92 Å². The fourth-order valence-electron chi connectivity index (χ4n) is 1.71. The average Bonchev–Trinajstić information content (AvgIpc) is 2.45. The molecule has 0 radical (unpaired) electrons. The molecule has 0 bridgehead atoms. The summed E-state index contributed by atoms with van der Waals surface area (Å²) in [5, 5.41) is 14.1. The molecule has 0 fully saturated rings. The maximum Gasteiger partial charge on any atom is 0.319 e. The van der Waals surface area contributed by atoms with E-state index in [-0.39, 0.29) is 11.9 Å². The molecule has 0 aliphatic rings. The summed E-state index contributed by atoms with van der Waals surface area (Å²) in [5.74, 6) is -0.444. The van der Waals surface area contributed by atoms with Crippen LogP contribution in [0, 0.1) is 5.92 Å². The molecule has 1 aromatic carbocycles. The number of hydrogen-bond donors (Lipinski definition) is 3. The lowest BCUT2D eigenvalue weighted by molar-refractivity contribution is -0.141. The zero-order valence-electron chi connectivity index (χ0n) is 12.4. The number of amides is 2. The molecule has 0 aromatic heterocycles. The van der Waals surface area contributed by atoms with Gasteiger partial charge in [-0.25, -0.2) is 4.79 Å². The second-order valence-corrected chi connectivity index (χ2v) is 4.72. The van der Waals surface area contributed by atoms with Crippen molar-refractivity contribution in [3.8, 4) is 5.75 Å². The number of nitrogens with one attached hydrogen (secondary N) is 2. The van der Waals surface area contributed by atoms with Gasteiger partial charge in [-0.05, 0) is 44.0 Å². The molecule has 21 heavy (non-hydrogen) atoms. The minimum atomic E-state index is -0.811. The van der Waals surface area contributed by atoms with Gasteiger partial charge in [-0.2, -0.15) is 0 Å². The topological polar surface area (TPSA) is 87.7 Å². The summed E-state index contributed by atoms with van der Waals surface area (Å²) in [4.78, 5) is 22.3. The first kappa shape index (κ1) is 16.8. The Bertz CT molecular complexity index is 459. The fourth-order valence-corrected chi connectivity index (χ4v) is 1.71. The number of hydrogen-bond acceptors (Lipinski definition) is 3. The van der Waals surface area contributed by atoms with Gasteiger partial charge in [0, 0.05) is 12.2 Å². The van der Waals surface area contributed by atoms with Crippen LogP contribution in [0.25, 0.3) is 0 Å². The van der Waals surface area contributed by atoms with Gasteiger partial charge >= 0.3 is 12.0 Å². The van der Waals surface area contributed by atoms with E-state index in [2.05, 4.69) is 10.6 Å². The van der Waals surface area contributed by atoms with Crippen molar-refractivity contribution in [1.29, 1.82) is 0 Å². The van der Waals surface area contributed by atoms with E-state index in [0.717, 1.165) is 5.75 Å². The van der Waals surface area contributed by atoms with E-state index in [4.69, 9.17) is 9.84 Å². The normalized spacial score (nSPS) is 11.5. The predicted molar refractivity (Wildman–Crippen MR) is 80.7 cm³/mol. The number of benzene rings is 1. The minimum absolute atomic E-state index is 0.304. The molecule has 6 nitrogen and oxygen atoms in total. The molecule has 1 unspecified atom stereocenters. The Morgan fingerprint density at radius 3 is 2.52 bits per heavy atom. The van der Waals surface area contributed by atoms with Gasteiger partial charge in [0.05, 0.1) is 12.5 Å². The Morgan fingerprint density at radius 2 is 1.95 bits per heavy atom. The minimum Gasteiger partial charge on any atom is -0.494 e. The van der Waals surface area contributed by atoms with E-state index in [0.29, 0.717) is 31.7 Å². The van der Waals surface area contributed by atoms with Crippen LogP contribution in [-0.4, -0.2) is 30.3 Å². The fraction of sp³-hybridized carbons (Fsp3) is 0.467. The third kappa shape index (κ3) is 6.65. The van der Waals surface area contributed by atoms with Crippen molar-refractivity contribution in [3.63, 3.8) is 0 Å². The monoisotopic (exact) mass is 294 g/mol. The molecule has 0 heterocycles. The first-order valence-corrected chi connectivity index (χ1v) is 7.03. The van der Waals surface area contributed by atoms with E-state index in [1.165, 1.54) is 0 Å². The van der Waals surface area contributed by atoms with Gasteiger partial charge in [-0.1, -0.05) is 6.92 Å². The summed E-state index contributed by atoms with van der Waals surface area (Å²) in [6, 6.07) is 6.79. The lowest BCUT2D eigenvalue weighted by Gasteiger charge is -2.09. The van der Waals surface area contributed by atoms with Gasteiger partial charge in [0.1, 0.15) is 5.75 Å². The Balaban J connectivity index is 2.25. The number of urea groups is 1. The van der Waals surface area contributed by atoms with Crippen LogP contribution >= 0.6 is 0 Å². The molecule has 6 heteroatoms. The van der Waals surface area contributed by atoms with Crippen molar-refractivity contribution in [3.05, 3.63) is 24.3 Å². The number of aliphatic carboxylic acids is 1. The Kier molecular flexibility index (Phi) is 7.08. The third-order valence-corrected chi connectivity index (χ3v) is 2.94. The maximum absolute atomic E-state index is 11.6. The third-order valence-electron chi connectivity index (χ3n) is 2.94. The molecular formula is C15H22N2O4. The molecule has 3 N–H and O–H groups in total. The van der Waals surface area contributed by atoms with Crippen molar-refractivity contribution < 1.29 is 19.4 Å². The number of ether oxygens (including phenoxy) is 1. The quantitative estimate of drug-likeness (QED) is 0.643. The second-order valence-electron chi connectivity index (χ2n) is 4.72. The number of anilines is 1. The Labute approximate surface area is 124 Å². The lowest BCUT2D eigenvalue weighted by atomic mass is 10.1. The highest BCUT2D eigenvalue weighted by molar-refractivity contribution is 5.89. The predicted octanol–water partition coefficient (Wildman–Crippen LogP) is 2.71. The number of carbonyl (C=O) groups excluding carboxylic acids is 1. The standard InChI is InChI=1S/C15H22N2O4/c1-3-21-13-8-6-12(7-9-13)17-15(20)16-10-4-5-11(2)14(18)19/h6-9,11H,3-5,10H2,1-2H3,(H,18,19)(H2,16,17,20). The van der Waals surface area contributed by atoms with Gasteiger partial charge in [0.15, 0.2) is 0 Å². The van der Waals surface area contributed by atoms with E-state index in [9.17, 15) is 9.59 Å².